The van der Waals surface area contributed by atoms with Crippen LogP contribution >= 0.6 is 24.0 Å². The lowest BCUT2D eigenvalue weighted by molar-refractivity contribution is -0.106. The van der Waals surface area contributed by atoms with Crippen molar-refractivity contribution in [1.29, 1.82) is 0 Å². The van der Waals surface area contributed by atoms with Crippen molar-refractivity contribution in [2.45, 2.75) is 51.3 Å². The summed E-state index contributed by atoms with van der Waals surface area (Å²) in [6, 6.07) is 2.62. The highest BCUT2D eigenvalue weighted by molar-refractivity contribution is 14.0. The molecule has 1 aliphatic carbocycles. The molecule has 0 spiro atoms. The van der Waals surface area contributed by atoms with Gasteiger partial charge in [-0.05, 0) is 25.3 Å². The van der Waals surface area contributed by atoms with Gasteiger partial charge in [-0.1, -0.05) is 13.8 Å². The predicted molar refractivity (Wildman–Crippen MR) is 118 cm³/mol. The highest BCUT2D eigenvalue weighted by Crippen LogP contribution is 2.52. The fourth-order valence-corrected chi connectivity index (χ4v) is 4.86. The van der Waals surface area contributed by atoms with Crippen LogP contribution in [0.3, 0.4) is 0 Å². The van der Waals surface area contributed by atoms with Crippen molar-refractivity contribution in [3.63, 3.8) is 0 Å². The normalized spacial score (nSPS) is 32.1. The molecular formula is C19H31IN6O. The Morgan fingerprint density at radius 3 is 2.78 bits per heavy atom. The molecule has 1 aromatic rings. The second kappa shape index (κ2) is 8.46. The molecule has 7 nitrogen and oxygen atoms in total. The first kappa shape index (κ1) is 20.6. The second-order valence-corrected chi connectivity index (χ2v) is 8.24. The summed E-state index contributed by atoms with van der Waals surface area (Å²) in [5.41, 5.74) is 0.148. The highest BCUT2D eigenvalue weighted by Gasteiger charge is 2.59. The quantitative estimate of drug-likeness (QED) is 0.387. The Kier molecular flexibility index (Phi) is 6.45. The van der Waals surface area contributed by atoms with E-state index in [-0.39, 0.29) is 29.4 Å². The molecule has 1 aromatic heterocycles. The summed E-state index contributed by atoms with van der Waals surface area (Å²) in [5.74, 6) is 2.31. The smallest absolute Gasteiger partial charge is 0.225 e. The van der Waals surface area contributed by atoms with Gasteiger partial charge in [0.15, 0.2) is 5.96 Å². The minimum atomic E-state index is 0. The number of piperidine rings is 1. The number of nitrogens with one attached hydrogen (secondary N) is 2. The lowest BCUT2D eigenvalue weighted by atomic mass is 9.57. The van der Waals surface area contributed by atoms with Crippen LogP contribution in [0.15, 0.2) is 23.5 Å². The average Bonchev–Trinajstić information content (AvgIpc) is 3.13. The minimum absolute atomic E-state index is 0. The zero-order valence-corrected chi connectivity index (χ0v) is 18.7. The van der Waals surface area contributed by atoms with Gasteiger partial charge >= 0.3 is 0 Å². The van der Waals surface area contributed by atoms with Crippen LogP contribution in [0, 0.1) is 11.3 Å². The number of aromatic nitrogens is 2. The predicted octanol–water partition coefficient (Wildman–Crippen LogP) is 2.04. The summed E-state index contributed by atoms with van der Waals surface area (Å²) in [6.07, 6.45) is 7.40. The Morgan fingerprint density at radius 2 is 2.04 bits per heavy atom. The first-order chi connectivity index (χ1) is 12.6. The molecule has 0 bridgehead atoms. The zero-order valence-electron chi connectivity index (χ0n) is 16.4. The third kappa shape index (κ3) is 4.01. The van der Waals surface area contributed by atoms with Crippen LogP contribution in [0.2, 0.25) is 0 Å². The summed E-state index contributed by atoms with van der Waals surface area (Å²) in [5, 5.41) is 7.30. The Labute approximate surface area is 178 Å². The number of fused-ring (bicyclic) bond motifs is 1. The van der Waals surface area contributed by atoms with Gasteiger partial charge in [0.2, 0.25) is 5.95 Å². The molecule has 150 valence electrons. The molecule has 4 atom stereocenters. The van der Waals surface area contributed by atoms with Gasteiger partial charge in [0, 0.05) is 62.6 Å². The van der Waals surface area contributed by atoms with Gasteiger partial charge < -0.3 is 20.3 Å². The van der Waals surface area contributed by atoms with Gasteiger partial charge in [0.1, 0.15) is 0 Å². The number of aliphatic imine (C=N–C) groups is 1. The first-order valence-corrected chi connectivity index (χ1v) is 9.73. The second-order valence-electron chi connectivity index (χ2n) is 8.24. The highest BCUT2D eigenvalue weighted by atomic mass is 127. The third-order valence-electron chi connectivity index (χ3n) is 6.21. The number of hydrogen-bond donors (Lipinski definition) is 2. The molecule has 1 saturated carbocycles. The first-order valence-electron chi connectivity index (χ1n) is 9.73. The van der Waals surface area contributed by atoms with Crippen LogP contribution in [0.5, 0.6) is 0 Å². The number of ether oxygens (including phenoxy) is 1. The van der Waals surface area contributed by atoms with Crippen molar-refractivity contribution < 1.29 is 4.74 Å². The number of nitrogens with zero attached hydrogens (tertiary/aromatic N) is 4. The number of guanidine groups is 1. The molecule has 0 amide bonds. The van der Waals surface area contributed by atoms with E-state index in [0.29, 0.717) is 24.1 Å². The maximum atomic E-state index is 5.90. The lowest BCUT2D eigenvalue weighted by Crippen LogP contribution is -2.68. The van der Waals surface area contributed by atoms with Crippen molar-refractivity contribution in [2.24, 2.45) is 16.3 Å². The van der Waals surface area contributed by atoms with Crippen LogP contribution < -0.4 is 15.5 Å². The fraction of sp³-hybridized carbons (Fsp3) is 0.737. The Bertz CT molecular complexity index is 655. The summed E-state index contributed by atoms with van der Waals surface area (Å²) < 4.78 is 5.90. The van der Waals surface area contributed by atoms with Gasteiger partial charge in [-0.2, -0.15) is 0 Å². The van der Waals surface area contributed by atoms with E-state index in [1.807, 2.05) is 13.1 Å². The molecule has 3 heterocycles. The van der Waals surface area contributed by atoms with Crippen molar-refractivity contribution >= 4 is 35.9 Å². The monoisotopic (exact) mass is 486 g/mol. The Morgan fingerprint density at radius 1 is 1.26 bits per heavy atom. The third-order valence-corrected chi connectivity index (χ3v) is 6.21. The summed E-state index contributed by atoms with van der Waals surface area (Å²) in [4.78, 5) is 15.5. The maximum Gasteiger partial charge on any atom is 0.225 e. The van der Waals surface area contributed by atoms with Crippen LogP contribution in [0.1, 0.15) is 33.1 Å². The average molecular weight is 486 g/mol. The number of halogens is 1. The number of anilines is 1. The molecular weight excluding hydrogens is 455 g/mol. The zero-order chi connectivity index (χ0) is 18.1. The topological polar surface area (TPSA) is 74.7 Å². The minimum Gasteiger partial charge on any atom is -0.377 e. The van der Waals surface area contributed by atoms with Crippen LogP contribution in [-0.4, -0.2) is 60.9 Å². The molecule has 27 heavy (non-hydrogen) atoms. The maximum absolute atomic E-state index is 5.90. The van der Waals surface area contributed by atoms with Gasteiger partial charge in [-0.15, -0.1) is 24.0 Å². The summed E-state index contributed by atoms with van der Waals surface area (Å²) in [6.45, 7) is 7.37. The van der Waals surface area contributed by atoms with E-state index in [2.05, 4.69) is 44.3 Å². The van der Waals surface area contributed by atoms with Crippen molar-refractivity contribution in [3.8, 4) is 0 Å². The van der Waals surface area contributed by atoms with Crippen LogP contribution in [0.25, 0.3) is 0 Å². The molecule has 3 fully saturated rings. The molecule has 2 N–H and O–H groups in total. The van der Waals surface area contributed by atoms with E-state index < -0.39 is 0 Å². The summed E-state index contributed by atoms with van der Waals surface area (Å²) in [7, 11) is 1.85. The summed E-state index contributed by atoms with van der Waals surface area (Å²) >= 11 is 0. The molecule has 0 radical (unpaired) electrons. The van der Waals surface area contributed by atoms with Gasteiger partial charge in [-0.25, -0.2) is 9.97 Å². The van der Waals surface area contributed by atoms with Gasteiger partial charge in [0.05, 0.1) is 6.10 Å². The van der Waals surface area contributed by atoms with E-state index in [9.17, 15) is 0 Å². The Balaban J connectivity index is 0.00000210. The van der Waals surface area contributed by atoms with Crippen molar-refractivity contribution in [2.75, 3.05) is 31.6 Å². The lowest BCUT2D eigenvalue weighted by Gasteiger charge is -2.55. The Hall–Kier alpha value is -1.16. The van der Waals surface area contributed by atoms with Crippen molar-refractivity contribution in [3.05, 3.63) is 18.5 Å². The van der Waals surface area contributed by atoms with Crippen LogP contribution in [0.4, 0.5) is 5.95 Å². The number of rotatable bonds is 3. The molecule has 8 heteroatoms. The fourth-order valence-electron chi connectivity index (χ4n) is 4.86. The molecule has 4 rings (SSSR count). The van der Waals surface area contributed by atoms with E-state index in [4.69, 9.17) is 4.74 Å². The molecule has 3 aliphatic rings. The van der Waals surface area contributed by atoms with Crippen molar-refractivity contribution in [1.82, 2.24) is 20.6 Å². The standard InChI is InChI=1S/C19H30N6O.HI/c1-19(2)15(14-7-11-26-16(14)19)24-17(20-3)23-13-6-4-10-25(12-13)18-21-8-5-9-22-18;/h5,8-9,13-16H,4,6-7,10-12H2,1-3H3,(H2,20,23,24);1H. The molecule has 2 saturated heterocycles. The SMILES string of the molecule is CN=C(NC1CCCN(c2ncccn2)C1)NC1C2CCOC2C1(C)C.I. The van der Waals surface area contributed by atoms with E-state index in [1.165, 1.54) is 0 Å². The molecule has 0 aromatic carbocycles. The number of hydrogen-bond acceptors (Lipinski definition) is 5. The van der Waals surface area contributed by atoms with Gasteiger partial charge in [0.25, 0.3) is 0 Å². The molecule has 4 unspecified atom stereocenters. The van der Waals surface area contributed by atoms with E-state index in [1.54, 1.807) is 12.4 Å². The van der Waals surface area contributed by atoms with E-state index in [0.717, 1.165) is 50.9 Å². The van der Waals surface area contributed by atoms with Crippen LogP contribution in [-0.2, 0) is 4.74 Å². The van der Waals surface area contributed by atoms with E-state index >= 15 is 0 Å². The largest absolute Gasteiger partial charge is 0.377 e. The van der Waals surface area contributed by atoms with Gasteiger partial charge in [-0.3, -0.25) is 4.99 Å². The molecule has 2 aliphatic heterocycles.